The van der Waals surface area contributed by atoms with Crippen LogP contribution in [0.25, 0.3) is 0 Å². The molecule has 2 aliphatic rings. The molecule has 0 saturated carbocycles. The van der Waals surface area contributed by atoms with Crippen LogP contribution in [0.2, 0.25) is 0 Å². The topological polar surface area (TPSA) is 59.4 Å². The van der Waals surface area contributed by atoms with Gasteiger partial charge in [-0.25, -0.2) is 0 Å². The highest BCUT2D eigenvalue weighted by Gasteiger charge is 2.38. The van der Waals surface area contributed by atoms with Gasteiger partial charge in [-0.1, -0.05) is 13.3 Å². The van der Waals surface area contributed by atoms with Crippen LogP contribution in [0.4, 0.5) is 11.5 Å². The summed E-state index contributed by atoms with van der Waals surface area (Å²) in [4.78, 5) is 14.2. The number of hydrogen-bond acceptors (Lipinski definition) is 4. The van der Waals surface area contributed by atoms with Crippen LogP contribution in [-0.2, 0) is 23.0 Å². The molecular formula is C12H18N4O2. The smallest absolute Gasteiger partial charge is 0.249 e. The Hall–Kier alpha value is -1.56. The average molecular weight is 250 g/mol. The molecule has 18 heavy (non-hydrogen) atoms. The quantitative estimate of drug-likeness (QED) is 0.832. The Balaban J connectivity index is 2.05. The van der Waals surface area contributed by atoms with Gasteiger partial charge >= 0.3 is 0 Å². The van der Waals surface area contributed by atoms with Gasteiger partial charge in [0.2, 0.25) is 5.91 Å². The van der Waals surface area contributed by atoms with Crippen LogP contribution in [0.3, 0.4) is 0 Å². The molecule has 0 aliphatic carbocycles. The molecule has 1 unspecified atom stereocenters. The summed E-state index contributed by atoms with van der Waals surface area (Å²) < 4.78 is 7.26. The number of nitrogens with one attached hydrogen (secondary N) is 1. The summed E-state index contributed by atoms with van der Waals surface area (Å²) in [5, 5.41) is 7.52. The zero-order valence-corrected chi connectivity index (χ0v) is 10.8. The second-order valence-electron chi connectivity index (χ2n) is 4.79. The molecule has 1 aromatic heterocycles. The number of hydrogen-bond donors (Lipinski definition) is 1. The first-order valence-electron chi connectivity index (χ1n) is 6.43. The van der Waals surface area contributed by atoms with Crippen molar-refractivity contribution in [1.29, 1.82) is 0 Å². The summed E-state index contributed by atoms with van der Waals surface area (Å²) >= 11 is 0. The highest BCUT2D eigenvalue weighted by molar-refractivity contribution is 6.03. The van der Waals surface area contributed by atoms with Crippen molar-refractivity contribution >= 4 is 17.4 Å². The normalized spacial score (nSPS) is 22.4. The van der Waals surface area contributed by atoms with Crippen molar-refractivity contribution in [3.63, 3.8) is 0 Å². The maximum absolute atomic E-state index is 12.1. The van der Waals surface area contributed by atoms with Crippen LogP contribution < -0.4 is 10.2 Å². The standard InChI is InChI=1S/C12H18N4O2/c1-3-4-8-10-12(15(2)14-8)16-5-6-18-7-9(16)11(17)13-10/h9H,3-7H2,1-2H3,(H,13,17). The van der Waals surface area contributed by atoms with Crippen molar-refractivity contribution in [2.75, 3.05) is 30.0 Å². The Morgan fingerprint density at radius 3 is 3.17 bits per heavy atom. The minimum absolute atomic E-state index is 0.0209. The van der Waals surface area contributed by atoms with Crippen LogP contribution >= 0.6 is 0 Å². The number of morpholine rings is 1. The zero-order valence-electron chi connectivity index (χ0n) is 10.8. The van der Waals surface area contributed by atoms with Gasteiger partial charge in [-0.05, 0) is 6.42 Å². The summed E-state index contributed by atoms with van der Waals surface area (Å²) in [6, 6.07) is -0.212. The molecule has 1 N–H and O–H groups in total. The van der Waals surface area contributed by atoms with Gasteiger partial charge in [0.1, 0.15) is 11.7 Å². The molecule has 1 amide bonds. The molecule has 0 bridgehead atoms. The molecule has 6 nitrogen and oxygen atoms in total. The Kier molecular flexibility index (Phi) is 2.74. The number of anilines is 2. The predicted octanol–water partition coefficient (Wildman–Crippen LogP) is 0.530. The molecule has 3 heterocycles. The number of fused-ring (bicyclic) bond motifs is 3. The number of nitrogens with zero attached hydrogens (tertiary/aromatic N) is 3. The molecule has 0 aromatic carbocycles. The molecule has 1 atom stereocenters. The van der Waals surface area contributed by atoms with Crippen LogP contribution in [-0.4, -0.2) is 41.5 Å². The van der Waals surface area contributed by atoms with E-state index in [2.05, 4.69) is 22.2 Å². The van der Waals surface area contributed by atoms with Gasteiger partial charge in [-0.15, -0.1) is 0 Å². The summed E-state index contributed by atoms with van der Waals surface area (Å²) in [5.74, 6) is 1.04. The summed E-state index contributed by atoms with van der Waals surface area (Å²) in [6.07, 6.45) is 1.91. The number of aryl methyl sites for hydroxylation is 2. The van der Waals surface area contributed by atoms with E-state index < -0.39 is 0 Å². The summed E-state index contributed by atoms with van der Waals surface area (Å²) in [6.45, 7) is 3.98. The summed E-state index contributed by atoms with van der Waals surface area (Å²) in [7, 11) is 1.93. The van der Waals surface area contributed by atoms with Gasteiger partial charge in [0, 0.05) is 13.6 Å². The lowest BCUT2D eigenvalue weighted by molar-refractivity contribution is -0.120. The molecule has 1 saturated heterocycles. The molecule has 1 fully saturated rings. The lowest BCUT2D eigenvalue weighted by atomic mass is 10.1. The number of rotatable bonds is 2. The van der Waals surface area contributed by atoms with Crippen molar-refractivity contribution in [1.82, 2.24) is 9.78 Å². The highest BCUT2D eigenvalue weighted by atomic mass is 16.5. The van der Waals surface area contributed by atoms with Gasteiger partial charge in [0.15, 0.2) is 5.82 Å². The first-order chi connectivity index (χ1) is 8.72. The minimum atomic E-state index is -0.212. The monoisotopic (exact) mass is 250 g/mol. The zero-order chi connectivity index (χ0) is 12.7. The number of ether oxygens (including phenoxy) is 1. The van der Waals surface area contributed by atoms with E-state index in [1.54, 1.807) is 0 Å². The number of carbonyl (C=O) groups is 1. The first-order valence-corrected chi connectivity index (χ1v) is 6.43. The van der Waals surface area contributed by atoms with Gasteiger partial charge in [0.25, 0.3) is 0 Å². The van der Waals surface area contributed by atoms with Crippen LogP contribution in [0.1, 0.15) is 19.0 Å². The highest BCUT2D eigenvalue weighted by Crippen LogP contribution is 2.35. The first kappa shape index (κ1) is 11.5. The molecular weight excluding hydrogens is 232 g/mol. The molecule has 1 aromatic rings. The fraction of sp³-hybridized carbons (Fsp3) is 0.667. The summed E-state index contributed by atoms with van der Waals surface area (Å²) in [5.41, 5.74) is 1.87. The van der Waals surface area contributed by atoms with E-state index in [0.29, 0.717) is 13.2 Å². The second-order valence-corrected chi connectivity index (χ2v) is 4.79. The van der Waals surface area contributed by atoms with E-state index in [1.165, 1.54) is 0 Å². The third-order valence-corrected chi connectivity index (χ3v) is 3.53. The molecule has 2 aliphatic heterocycles. The largest absolute Gasteiger partial charge is 0.377 e. The van der Waals surface area contributed by atoms with Crippen LogP contribution in [0, 0.1) is 0 Å². The van der Waals surface area contributed by atoms with E-state index in [4.69, 9.17) is 4.74 Å². The van der Waals surface area contributed by atoms with Crippen LogP contribution in [0.5, 0.6) is 0 Å². The Morgan fingerprint density at radius 2 is 2.39 bits per heavy atom. The van der Waals surface area contributed by atoms with Crippen molar-refractivity contribution < 1.29 is 9.53 Å². The lowest BCUT2D eigenvalue weighted by Gasteiger charge is -2.39. The van der Waals surface area contributed by atoms with Gasteiger partial charge in [0.05, 0.1) is 18.9 Å². The van der Waals surface area contributed by atoms with E-state index >= 15 is 0 Å². The Morgan fingerprint density at radius 1 is 1.56 bits per heavy atom. The van der Waals surface area contributed by atoms with E-state index in [9.17, 15) is 4.79 Å². The van der Waals surface area contributed by atoms with Gasteiger partial charge in [-0.3, -0.25) is 9.48 Å². The molecule has 0 spiro atoms. The van der Waals surface area contributed by atoms with E-state index in [1.807, 2.05) is 11.7 Å². The maximum Gasteiger partial charge on any atom is 0.249 e. The lowest BCUT2D eigenvalue weighted by Crippen LogP contribution is -2.55. The van der Waals surface area contributed by atoms with Gasteiger partial charge < -0.3 is 15.0 Å². The minimum Gasteiger partial charge on any atom is -0.377 e. The van der Waals surface area contributed by atoms with Crippen LogP contribution in [0.15, 0.2) is 0 Å². The molecule has 6 heteroatoms. The SMILES string of the molecule is CCCc1nn(C)c2c1NC(=O)C1COCCN21. The van der Waals surface area contributed by atoms with Crippen molar-refractivity contribution in [3.05, 3.63) is 5.69 Å². The predicted molar refractivity (Wildman–Crippen MR) is 67.8 cm³/mol. The molecule has 98 valence electrons. The fourth-order valence-electron chi connectivity index (χ4n) is 2.72. The molecule has 3 rings (SSSR count). The van der Waals surface area contributed by atoms with E-state index in [-0.39, 0.29) is 11.9 Å². The number of aromatic nitrogens is 2. The number of amides is 1. The van der Waals surface area contributed by atoms with Gasteiger partial charge in [-0.2, -0.15) is 5.10 Å². The van der Waals surface area contributed by atoms with Crippen molar-refractivity contribution in [2.24, 2.45) is 7.05 Å². The molecule has 0 radical (unpaired) electrons. The maximum atomic E-state index is 12.1. The van der Waals surface area contributed by atoms with E-state index in [0.717, 1.165) is 36.6 Å². The third-order valence-electron chi connectivity index (χ3n) is 3.53. The fourth-order valence-corrected chi connectivity index (χ4v) is 2.72. The average Bonchev–Trinajstić information content (AvgIpc) is 2.67. The Labute approximate surface area is 106 Å². The Bertz CT molecular complexity index is 483. The third kappa shape index (κ3) is 1.59. The second kappa shape index (κ2) is 4.28. The number of carbonyl (C=O) groups excluding carboxylic acids is 1. The van der Waals surface area contributed by atoms with Crippen molar-refractivity contribution in [2.45, 2.75) is 25.8 Å². The van der Waals surface area contributed by atoms with Crippen molar-refractivity contribution in [3.8, 4) is 0 Å².